The SMILES string of the molecule is CN(C1C=CCOC1)S(=O)(=O)c1ccc(OC(F)(F)F)cc1. The summed E-state index contributed by atoms with van der Waals surface area (Å²) >= 11 is 0. The zero-order chi connectivity index (χ0) is 16.4. The highest BCUT2D eigenvalue weighted by Crippen LogP contribution is 2.25. The molecule has 5 nitrogen and oxygen atoms in total. The summed E-state index contributed by atoms with van der Waals surface area (Å²) < 4.78 is 71.0. The van der Waals surface area contributed by atoms with Gasteiger partial charge in [0.15, 0.2) is 0 Å². The van der Waals surface area contributed by atoms with E-state index in [1.165, 1.54) is 7.05 Å². The Bertz CT molecular complexity index is 640. The minimum Gasteiger partial charge on any atom is -0.406 e. The predicted octanol–water partition coefficient (Wildman–Crippen LogP) is 2.16. The number of hydrogen-bond donors (Lipinski definition) is 0. The van der Waals surface area contributed by atoms with Crippen LogP contribution in [0.5, 0.6) is 5.75 Å². The molecule has 1 aliphatic heterocycles. The van der Waals surface area contributed by atoms with Gasteiger partial charge in [0.05, 0.1) is 24.2 Å². The predicted molar refractivity (Wildman–Crippen MR) is 71.8 cm³/mol. The molecule has 1 aliphatic rings. The monoisotopic (exact) mass is 337 g/mol. The summed E-state index contributed by atoms with van der Waals surface area (Å²) in [7, 11) is -2.45. The van der Waals surface area contributed by atoms with Crippen LogP contribution in [0.2, 0.25) is 0 Å². The minimum atomic E-state index is -4.82. The second kappa shape index (κ2) is 6.27. The molecule has 0 aromatic heterocycles. The molecular weight excluding hydrogens is 323 g/mol. The van der Waals surface area contributed by atoms with Gasteiger partial charge in [0.25, 0.3) is 0 Å². The van der Waals surface area contributed by atoms with E-state index in [-0.39, 0.29) is 11.5 Å². The quantitative estimate of drug-likeness (QED) is 0.790. The van der Waals surface area contributed by atoms with Crippen LogP contribution in [-0.4, -0.2) is 45.4 Å². The smallest absolute Gasteiger partial charge is 0.406 e. The number of alkyl halides is 3. The van der Waals surface area contributed by atoms with Crippen molar-refractivity contribution < 1.29 is 31.1 Å². The van der Waals surface area contributed by atoms with Crippen LogP contribution in [-0.2, 0) is 14.8 Å². The maximum atomic E-state index is 12.4. The summed E-state index contributed by atoms with van der Waals surface area (Å²) in [6.07, 6.45) is -1.40. The first-order chi connectivity index (χ1) is 10.2. The second-order valence-corrected chi connectivity index (χ2v) is 6.57. The Morgan fingerprint density at radius 2 is 1.91 bits per heavy atom. The highest BCUT2D eigenvalue weighted by Gasteiger charge is 2.32. The number of hydrogen-bond acceptors (Lipinski definition) is 4. The molecule has 22 heavy (non-hydrogen) atoms. The fourth-order valence-corrected chi connectivity index (χ4v) is 3.21. The van der Waals surface area contributed by atoms with Crippen molar-refractivity contribution in [3.05, 3.63) is 36.4 Å². The minimum absolute atomic E-state index is 0.122. The lowest BCUT2D eigenvalue weighted by atomic mass is 10.2. The van der Waals surface area contributed by atoms with E-state index in [1.807, 2.05) is 0 Å². The molecular formula is C13H14F3NO4S. The normalized spacial score (nSPS) is 19.4. The van der Waals surface area contributed by atoms with Gasteiger partial charge in [-0.1, -0.05) is 12.2 Å². The van der Waals surface area contributed by atoms with Crippen LogP contribution in [0.1, 0.15) is 0 Å². The second-order valence-electron chi connectivity index (χ2n) is 4.57. The van der Waals surface area contributed by atoms with Gasteiger partial charge >= 0.3 is 6.36 Å². The van der Waals surface area contributed by atoms with Crippen LogP contribution < -0.4 is 4.74 Å². The number of benzene rings is 1. The van der Waals surface area contributed by atoms with Crippen LogP contribution in [0, 0.1) is 0 Å². The molecule has 0 radical (unpaired) electrons. The fraction of sp³-hybridized carbons (Fsp3) is 0.385. The van der Waals surface area contributed by atoms with E-state index in [9.17, 15) is 21.6 Å². The van der Waals surface area contributed by atoms with E-state index in [0.29, 0.717) is 6.61 Å². The number of rotatable bonds is 4. The Balaban J connectivity index is 2.18. The van der Waals surface area contributed by atoms with Gasteiger partial charge in [0.2, 0.25) is 10.0 Å². The first-order valence-corrected chi connectivity index (χ1v) is 7.72. The number of likely N-dealkylation sites (N-methyl/N-ethyl adjacent to an activating group) is 1. The van der Waals surface area contributed by atoms with Crippen molar-refractivity contribution in [2.24, 2.45) is 0 Å². The molecule has 1 unspecified atom stereocenters. The molecule has 9 heteroatoms. The molecule has 0 fully saturated rings. The molecule has 1 atom stereocenters. The van der Waals surface area contributed by atoms with Crippen molar-refractivity contribution in [1.29, 1.82) is 0 Å². The van der Waals surface area contributed by atoms with E-state index >= 15 is 0 Å². The third-order valence-corrected chi connectivity index (χ3v) is 4.96. The van der Waals surface area contributed by atoms with E-state index in [0.717, 1.165) is 28.6 Å². The summed E-state index contributed by atoms with van der Waals surface area (Å²) in [5.74, 6) is -0.477. The van der Waals surface area contributed by atoms with Crippen molar-refractivity contribution in [3.63, 3.8) is 0 Å². The third-order valence-electron chi connectivity index (χ3n) is 3.06. The Labute approximate surface area is 126 Å². The Morgan fingerprint density at radius 3 is 2.41 bits per heavy atom. The highest BCUT2D eigenvalue weighted by atomic mass is 32.2. The average molecular weight is 337 g/mol. The number of nitrogens with zero attached hydrogens (tertiary/aromatic N) is 1. The highest BCUT2D eigenvalue weighted by molar-refractivity contribution is 7.89. The first-order valence-electron chi connectivity index (χ1n) is 6.28. The fourth-order valence-electron chi connectivity index (χ4n) is 1.91. The number of halogens is 3. The zero-order valence-electron chi connectivity index (χ0n) is 11.6. The average Bonchev–Trinajstić information content (AvgIpc) is 2.46. The molecule has 0 amide bonds. The van der Waals surface area contributed by atoms with Gasteiger partial charge in [0.1, 0.15) is 5.75 Å². The van der Waals surface area contributed by atoms with Crippen LogP contribution in [0.15, 0.2) is 41.3 Å². The molecule has 0 saturated carbocycles. The summed E-state index contributed by atoms with van der Waals surface area (Å²) in [4.78, 5) is -0.122. The van der Waals surface area contributed by atoms with Gasteiger partial charge in [-0.25, -0.2) is 8.42 Å². The van der Waals surface area contributed by atoms with E-state index in [1.54, 1.807) is 12.2 Å². The Kier molecular flexibility index (Phi) is 4.78. The van der Waals surface area contributed by atoms with Crippen molar-refractivity contribution in [1.82, 2.24) is 4.31 Å². The van der Waals surface area contributed by atoms with Gasteiger partial charge in [0, 0.05) is 7.05 Å². The zero-order valence-corrected chi connectivity index (χ0v) is 12.4. The molecule has 1 aromatic rings. The Hall–Kier alpha value is -1.58. The molecule has 0 bridgehead atoms. The molecule has 0 saturated heterocycles. The van der Waals surface area contributed by atoms with E-state index in [2.05, 4.69) is 4.74 Å². The van der Waals surface area contributed by atoms with Crippen molar-refractivity contribution >= 4 is 10.0 Å². The van der Waals surface area contributed by atoms with Crippen molar-refractivity contribution in [2.45, 2.75) is 17.3 Å². The summed E-state index contributed by atoms with van der Waals surface area (Å²) in [6, 6.07) is 3.61. The number of ether oxygens (including phenoxy) is 2. The summed E-state index contributed by atoms with van der Waals surface area (Å²) in [6.45, 7) is 0.648. The largest absolute Gasteiger partial charge is 0.573 e. The van der Waals surface area contributed by atoms with Gasteiger partial charge in [-0.3, -0.25) is 0 Å². The van der Waals surface area contributed by atoms with Crippen LogP contribution >= 0.6 is 0 Å². The van der Waals surface area contributed by atoms with Crippen LogP contribution in [0.25, 0.3) is 0 Å². The molecule has 0 spiro atoms. The summed E-state index contributed by atoms with van der Waals surface area (Å²) in [5.41, 5.74) is 0. The molecule has 2 rings (SSSR count). The summed E-state index contributed by atoms with van der Waals surface area (Å²) in [5, 5.41) is 0. The molecule has 122 valence electrons. The van der Waals surface area contributed by atoms with Crippen LogP contribution in [0.3, 0.4) is 0 Å². The molecule has 0 N–H and O–H groups in total. The number of sulfonamides is 1. The van der Waals surface area contributed by atoms with Crippen molar-refractivity contribution in [3.8, 4) is 5.75 Å². The van der Waals surface area contributed by atoms with Crippen LogP contribution in [0.4, 0.5) is 13.2 Å². The molecule has 1 aromatic carbocycles. The maximum Gasteiger partial charge on any atom is 0.573 e. The lowest BCUT2D eigenvalue weighted by molar-refractivity contribution is -0.274. The third kappa shape index (κ3) is 3.99. The van der Waals surface area contributed by atoms with Crippen molar-refractivity contribution in [2.75, 3.05) is 20.3 Å². The lowest BCUT2D eigenvalue weighted by Crippen LogP contribution is -2.40. The lowest BCUT2D eigenvalue weighted by Gasteiger charge is -2.27. The molecule has 1 heterocycles. The molecule has 0 aliphatic carbocycles. The van der Waals surface area contributed by atoms with Gasteiger partial charge < -0.3 is 9.47 Å². The van der Waals surface area contributed by atoms with Gasteiger partial charge in [-0.2, -0.15) is 4.31 Å². The van der Waals surface area contributed by atoms with Gasteiger partial charge in [-0.05, 0) is 24.3 Å². The van der Waals surface area contributed by atoms with E-state index in [4.69, 9.17) is 4.74 Å². The standard InChI is InChI=1S/C13H14F3NO4S/c1-17(10-3-2-8-20-9-10)22(18,19)12-6-4-11(5-7-12)21-13(14,15)16/h2-7,10H,8-9H2,1H3. The maximum absolute atomic E-state index is 12.4. The topological polar surface area (TPSA) is 55.8 Å². The van der Waals surface area contributed by atoms with E-state index < -0.39 is 28.2 Å². The van der Waals surface area contributed by atoms with Gasteiger partial charge in [-0.15, -0.1) is 13.2 Å². The Morgan fingerprint density at radius 1 is 1.27 bits per heavy atom. The first kappa shape index (κ1) is 16.8.